The molecule has 3 rings (SSSR count). The molecule has 0 aliphatic heterocycles. The van der Waals surface area contributed by atoms with Crippen molar-refractivity contribution in [2.24, 2.45) is 0 Å². The van der Waals surface area contributed by atoms with Crippen LogP contribution in [0.2, 0.25) is 0 Å². The lowest BCUT2D eigenvalue weighted by atomic mass is 10.1. The van der Waals surface area contributed by atoms with Crippen molar-refractivity contribution >= 4 is 22.6 Å². The Kier molecular flexibility index (Phi) is 5.77. The van der Waals surface area contributed by atoms with E-state index in [9.17, 15) is 19.5 Å². The van der Waals surface area contributed by atoms with Gasteiger partial charge in [-0.1, -0.05) is 24.3 Å². The summed E-state index contributed by atoms with van der Waals surface area (Å²) in [6.07, 6.45) is 0. The molecule has 3 aromatic rings. The lowest BCUT2D eigenvalue weighted by molar-refractivity contribution is -0.122. The summed E-state index contributed by atoms with van der Waals surface area (Å²) >= 11 is 0. The number of benzene rings is 2. The van der Waals surface area contributed by atoms with Crippen molar-refractivity contribution in [1.29, 1.82) is 0 Å². The number of aromatic nitrogens is 2. The van der Waals surface area contributed by atoms with E-state index in [1.165, 1.54) is 26.4 Å². The van der Waals surface area contributed by atoms with Gasteiger partial charge in [-0.2, -0.15) is 5.10 Å². The number of carboxylic acid groups (broad SMARTS) is 1. The number of hydrogen-bond acceptors (Lipinski definition) is 6. The summed E-state index contributed by atoms with van der Waals surface area (Å²) < 4.78 is 11.2. The maximum Gasteiger partial charge on any atom is 0.357 e. The molecule has 2 N–H and O–H groups in total. The molecular formula is C20H19N3O6. The van der Waals surface area contributed by atoms with Crippen LogP contribution in [0.3, 0.4) is 0 Å². The molecule has 0 atom stereocenters. The highest BCUT2D eigenvalue weighted by atomic mass is 16.5. The number of rotatable bonds is 7. The SMILES string of the molecule is COc1ccc(CNC(=O)Cn2nc(C(=O)O)c3ccccc3c2=O)cc1OC. The van der Waals surface area contributed by atoms with Gasteiger partial charge in [0, 0.05) is 11.9 Å². The Morgan fingerprint density at radius 3 is 2.41 bits per heavy atom. The second-order valence-corrected chi connectivity index (χ2v) is 6.13. The third kappa shape index (κ3) is 4.18. The molecule has 0 bridgehead atoms. The number of aromatic carboxylic acids is 1. The largest absolute Gasteiger partial charge is 0.493 e. The lowest BCUT2D eigenvalue weighted by Crippen LogP contribution is -2.34. The van der Waals surface area contributed by atoms with Gasteiger partial charge >= 0.3 is 5.97 Å². The average molecular weight is 397 g/mol. The Bertz CT molecular complexity index is 1140. The molecule has 150 valence electrons. The molecule has 9 heteroatoms. The summed E-state index contributed by atoms with van der Waals surface area (Å²) in [5.74, 6) is -0.671. The van der Waals surface area contributed by atoms with E-state index in [4.69, 9.17) is 9.47 Å². The molecule has 1 heterocycles. The van der Waals surface area contributed by atoms with Gasteiger partial charge in [-0.05, 0) is 23.8 Å². The Morgan fingerprint density at radius 2 is 1.76 bits per heavy atom. The van der Waals surface area contributed by atoms with Gasteiger partial charge in [0.25, 0.3) is 5.56 Å². The maximum absolute atomic E-state index is 12.6. The minimum Gasteiger partial charge on any atom is -0.493 e. The quantitative estimate of drug-likeness (QED) is 0.619. The summed E-state index contributed by atoms with van der Waals surface area (Å²) in [7, 11) is 3.04. The molecule has 29 heavy (non-hydrogen) atoms. The van der Waals surface area contributed by atoms with Crippen LogP contribution in [0.1, 0.15) is 16.1 Å². The van der Waals surface area contributed by atoms with Crippen molar-refractivity contribution in [1.82, 2.24) is 15.1 Å². The van der Waals surface area contributed by atoms with Crippen LogP contribution in [0.5, 0.6) is 11.5 Å². The highest BCUT2D eigenvalue weighted by Gasteiger charge is 2.17. The molecule has 2 aromatic carbocycles. The van der Waals surface area contributed by atoms with Gasteiger partial charge in [0.2, 0.25) is 5.91 Å². The molecule has 0 aliphatic rings. The highest BCUT2D eigenvalue weighted by molar-refractivity contribution is 6.01. The molecule has 9 nitrogen and oxygen atoms in total. The van der Waals surface area contributed by atoms with Gasteiger partial charge in [-0.15, -0.1) is 0 Å². The summed E-state index contributed by atoms with van der Waals surface area (Å²) in [6, 6.07) is 11.5. The van der Waals surface area contributed by atoms with Gasteiger partial charge in [-0.3, -0.25) is 9.59 Å². The summed E-state index contributed by atoms with van der Waals surface area (Å²) in [6.45, 7) is -0.218. The lowest BCUT2D eigenvalue weighted by Gasteiger charge is -2.11. The average Bonchev–Trinajstić information content (AvgIpc) is 2.73. The van der Waals surface area contributed by atoms with Crippen LogP contribution in [-0.2, 0) is 17.9 Å². The van der Waals surface area contributed by atoms with Crippen molar-refractivity contribution in [3.63, 3.8) is 0 Å². The zero-order valence-electron chi connectivity index (χ0n) is 15.8. The van der Waals surface area contributed by atoms with Crippen LogP contribution in [0, 0.1) is 0 Å². The molecule has 0 saturated carbocycles. The van der Waals surface area contributed by atoms with Crippen molar-refractivity contribution in [3.05, 3.63) is 64.1 Å². The Balaban J connectivity index is 1.79. The number of methoxy groups -OCH3 is 2. The van der Waals surface area contributed by atoms with E-state index in [1.54, 1.807) is 30.3 Å². The molecule has 0 aliphatic carbocycles. The van der Waals surface area contributed by atoms with Crippen molar-refractivity contribution < 1.29 is 24.2 Å². The molecule has 1 amide bonds. The molecule has 0 fully saturated rings. The monoisotopic (exact) mass is 397 g/mol. The number of fused-ring (bicyclic) bond motifs is 1. The molecule has 0 radical (unpaired) electrons. The molecule has 0 unspecified atom stereocenters. The first-order valence-corrected chi connectivity index (χ1v) is 8.65. The molecule has 0 spiro atoms. The topological polar surface area (TPSA) is 120 Å². The number of carboxylic acids is 1. The van der Waals surface area contributed by atoms with E-state index in [0.717, 1.165) is 10.2 Å². The third-order valence-corrected chi connectivity index (χ3v) is 4.30. The van der Waals surface area contributed by atoms with Crippen LogP contribution in [-0.4, -0.2) is 41.0 Å². The van der Waals surface area contributed by atoms with Crippen LogP contribution in [0.15, 0.2) is 47.3 Å². The highest BCUT2D eigenvalue weighted by Crippen LogP contribution is 2.27. The van der Waals surface area contributed by atoms with Crippen LogP contribution in [0.25, 0.3) is 10.8 Å². The van der Waals surface area contributed by atoms with E-state index >= 15 is 0 Å². The zero-order chi connectivity index (χ0) is 21.0. The first-order chi connectivity index (χ1) is 13.9. The Hall–Kier alpha value is -3.88. The second-order valence-electron chi connectivity index (χ2n) is 6.13. The minimum atomic E-state index is -1.28. The van der Waals surface area contributed by atoms with E-state index in [-0.39, 0.29) is 23.0 Å². The normalized spacial score (nSPS) is 10.6. The number of hydrogen-bond donors (Lipinski definition) is 2. The number of carbonyl (C=O) groups is 2. The van der Waals surface area contributed by atoms with Crippen LogP contribution < -0.4 is 20.3 Å². The van der Waals surface area contributed by atoms with Crippen LogP contribution in [0.4, 0.5) is 0 Å². The first kappa shape index (κ1) is 19.9. The predicted octanol–water partition coefficient (Wildman–Crippen LogP) is 1.43. The summed E-state index contributed by atoms with van der Waals surface area (Å²) in [5.41, 5.74) is -0.0548. The second kappa shape index (κ2) is 8.42. The van der Waals surface area contributed by atoms with E-state index < -0.39 is 24.0 Å². The number of nitrogens with zero attached hydrogens (tertiary/aromatic N) is 2. The molecule has 0 saturated heterocycles. The summed E-state index contributed by atoms with van der Waals surface area (Å²) in [5, 5.41) is 16.3. The number of ether oxygens (including phenoxy) is 2. The molecule has 1 aromatic heterocycles. The van der Waals surface area contributed by atoms with E-state index in [2.05, 4.69) is 10.4 Å². The van der Waals surface area contributed by atoms with Crippen molar-refractivity contribution in [2.75, 3.05) is 14.2 Å². The smallest absolute Gasteiger partial charge is 0.357 e. The number of nitrogens with one attached hydrogen (secondary N) is 1. The first-order valence-electron chi connectivity index (χ1n) is 8.65. The number of amides is 1. The van der Waals surface area contributed by atoms with Crippen molar-refractivity contribution in [2.45, 2.75) is 13.1 Å². The zero-order valence-corrected chi connectivity index (χ0v) is 15.8. The third-order valence-electron chi connectivity index (χ3n) is 4.30. The predicted molar refractivity (Wildman–Crippen MR) is 104 cm³/mol. The van der Waals surface area contributed by atoms with E-state index in [0.29, 0.717) is 11.5 Å². The fourth-order valence-electron chi connectivity index (χ4n) is 2.88. The van der Waals surface area contributed by atoms with Gasteiger partial charge < -0.3 is 19.9 Å². The standard InChI is InChI=1S/C20H19N3O6/c1-28-15-8-7-12(9-16(15)29-2)10-21-17(24)11-23-19(25)14-6-4-3-5-13(14)18(22-23)20(26)27/h3-9H,10-11H2,1-2H3,(H,21,24)(H,26,27). The van der Waals surface area contributed by atoms with Gasteiger partial charge in [0.05, 0.1) is 19.6 Å². The van der Waals surface area contributed by atoms with Crippen molar-refractivity contribution in [3.8, 4) is 11.5 Å². The Morgan fingerprint density at radius 1 is 1.07 bits per heavy atom. The summed E-state index contributed by atoms with van der Waals surface area (Å²) in [4.78, 5) is 36.4. The van der Waals surface area contributed by atoms with Gasteiger partial charge in [0.1, 0.15) is 6.54 Å². The molecular weight excluding hydrogens is 378 g/mol. The van der Waals surface area contributed by atoms with E-state index in [1.807, 2.05) is 0 Å². The Labute approximate surface area is 165 Å². The van der Waals surface area contributed by atoms with Gasteiger partial charge in [0.15, 0.2) is 17.2 Å². The fraction of sp³-hybridized carbons (Fsp3) is 0.200. The van der Waals surface area contributed by atoms with Gasteiger partial charge in [-0.25, -0.2) is 9.48 Å². The maximum atomic E-state index is 12.6. The fourth-order valence-corrected chi connectivity index (χ4v) is 2.88. The van der Waals surface area contributed by atoms with Crippen LogP contribution >= 0.6 is 0 Å². The number of carbonyl (C=O) groups excluding carboxylic acids is 1. The minimum absolute atomic E-state index is 0.188.